The average molecular weight is 345 g/mol. The predicted octanol–water partition coefficient (Wildman–Crippen LogP) is 2.92. The molecular weight excluding hydrogens is 323 g/mol. The molecule has 1 fully saturated rings. The van der Waals surface area contributed by atoms with Crippen LogP contribution in [-0.4, -0.2) is 36.2 Å². The van der Waals surface area contributed by atoms with Crippen LogP contribution in [0, 0.1) is 5.41 Å². The van der Waals surface area contributed by atoms with E-state index in [9.17, 15) is 9.59 Å². The summed E-state index contributed by atoms with van der Waals surface area (Å²) in [5, 5.41) is 0.598. The van der Waals surface area contributed by atoms with Crippen LogP contribution in [0.1, 0.15) is 36.5 Å². The fraction of sp³-hybridized carbons (Fsp3) is 0.500. The molecule has 0 aromatic heterocycles. The Morgan fingerprint density at radius 2 is 1.91 bits per heavy atom. The van der Waals surface area contributed by atoms with Gasteiger partial charge in [0.2, 0.25) is 5.91 Å². The lowest BCUT2D eigenvalue weighted by molar-refractivity contribution is -0.130. The molecule has 22 heavy (non-hydrogen) atoms. The van der Waals surface area contributed by atoms with E-state index in [0.29, 0.717) is 23.7 Å². The van der Waals surface area contributed by atoms with E-state index in [4.69, 9.17) is 17.3 Å². The Morgan fingerprint density at radius 1 is 1.27 bits per heavy atom. The minimum atomic E-state index is -0.0270. The number of ketones is 1. The Kier molecular flexibility index (Phi) is 6.85. The number of carbonyl (C=O) groups excluding carboxylic acids is 2. The van der Waals surface area contributed by atoms with Crippen molar-refractivity contribution in [3.63, 3.8) is 0 Å². The summed E-state index contributed by atoms with van der Waals surface area (Å²) in [6, 6.07) is 6.75. The van der Waals surface area contributed by atoms with Gasteiger partial charge in [-0.2, -0.15) is 0 Å². The largest absolute Gasteiger partial charge is 0.342 e. The summed E-state index contributed by atoms with van der Waals surface area (Å²) in [6.45, 7) is 4.11. The fourth-order valence-electron chi connectivity index (χ4n) is 2.56. The smallest absolute Gasteiger partial charge is 0.223 e. The van der Waals surface area contributed by atoms with E-state index >= 15 is 0 Å². The van der Waals surface area contributed by atoms with Gasteiger partial charge >= 0.3 is 0 Å². The zero-order valence-electron chi connectivity index (χ0n) is 12.7. The van der Waals surface area contributed by atoms with Crippen molar-refractivity contribution in [2.45, 2.75) is 26.2 Å². The highest BCUT2D eigenvalue weighted by Gasteiger charge is 2.34. The maximum Gasteiger partial charge on any atom is 0.223 e. The summed E-state index contributed by atoms with van der Waals surface area (Å²) in [5.41, 5.74) is 6.36. The van der Waals surface area contributed by atoms with Crippen LogP contribution in [-0.2, 0) is 4.79 Å². The molecule has 0 aliphatic carbocycles. The van der Waals surface area contributed by atoms with Crippen molar-refractivity contribution in [2.24, 2.45) is 11.1 Å². The Morgan fingerprint density at radius 3 is 2.45 bits per heavy atom. The molecule has 0 spiro atoms. The van der Waals surface area contributed by atoms with Crippen molar-refractivity contribution in [1.29, 1.82) is 0 Å². The van der Waals surface area contributed by atoms with Crippen molar-refractivity contribution in [2.75, 3.05) is 19.6 Å². The first kappa shape index (κ1) is 18.9. The van der Waals surface area contributed by atoms with Gasteiger partial charge in [-0.25, -0.2) is 0 Å². The Hall–Kier alpha value is -1.10. The van der Waals surface area contributed by atoms with Gasteiger partial charge in [-0.05, 0) is 42.6 Å². The van der Waals surface area contributed by atoms with Gasteiger partial charge < -0.3 is 10.6 Å². The highest BCUT2D eigenvalue weighted by atomic mass is 35.5. The molecule has 2 N–H and O–H groups in total. The van der Waals surface area contributed by atoms with Gasteiger partial charge in [-0.3, -0.25) is 9.59 Å². The van der Waals surface area contributed by atoms with Crippen LogP contribution in [0.15, 0.2) is 24.3 Å². The lowest BCUT2D eigenvalue weighted by Crippen LogP contribution is -2.34. The molecule has 0 radical (unpaired) electrons. The van der Waals surface area contributed by atoms with Gasteiger partial charge in [0.05, 0.1) is 0 Å². The van der Waals surface area contributed by atoms with E-state index in [0.717, 1.165) is 13.0 Å². The summed E-state index contributed by atoms with van der Waals surface area (Å²) in [4.78, 5) is 26.0. The van der Waals surface area contributed by atoms with Crippen LogP contribution < -0.4 is 5.73 Å². The third-order valence-electron chi connectivity index (χ3n) is 4.14. The SMILES string of the molecule is CC1(CN)CCN(C(=O)CCC(=O)c2ccc(Cl)cc2)C1.Cl. The average Bonchev–Trinajstić information content (AvgIpc) is 2.88. The number of hydrogen-bond donors (Lipinski definition) is 1. The van der Waals surface area contributed by atoms with E-state index in [1.54, 1.807) is 24.3 Å². The van der Waals surface area contributed by atoms with Crippen molar-refractivity contribution in [3.8, 4) is 0 Å². The van der Waals surface area contributed by atoms with Crippen LogP contribution >= 0.6 is 24.0 Å². The minimum absolute atomic E-state index is 0. The third kappa shape index (κ3) is 4.70. The highest BCUT2D eigenvalue weighted by molar-refractivity contribution is 6.30. The zero-order valence-corrected chi connectivity index (χ0v) is 14.3. The molecule has 6 heteroatoms. The lowest BCUT2D eigenvalue weighted by atomic mass is 9.90. The van der Waals surface area contributed by atoms with E-state index in [1.165, 1.54) is 0 Å². The van der Waals surface area contributed by atoms with Crippen LogP contribution in [0.5, 0.6) is 0 Å². The number of hydrogen-bond acceptors (Lipinski definition) is 3. The van der Waals surface area contributed by atoms with E-state index in [-0.39, 0.29) is 42.4 Å². The van der Waals surface area contributed by atoms with Crippen LogP contribution in [0.4, 0.5) is 0 Å². The normalized spacial score (nSPS) is 20.6. The van der Waals surface area contributed by atoms with Crippen molar-refractivity contribution < 1.29 is 9.59 Å². The summed E-state index contributed by atoms with van der Waals surface area (Å²) < 4.78 is 0. The van der Waals surface area contributed by atoms with E-state index in [1.807, 2.05) is 4.90 Å². The van der Waals surface area contributed by atoms with Crippen LogP contribution in [0.3, 0.4) is 0 Å². The van der Waals surface area contributed by atoms with Gasteiger partial charge in [0.25, 0.3) is 0 Å². The molecule has 1 aliphatic heterocycles. The third-order valence-corrected chi connectivity index (χ3v) is 4.39. The fourth-order valence-corrected chi connectivity index (χ4v) is 2.69. The number of rotatable bonds is 5. The molecule has 4 nitrogen and oxygen atoms in total. The molecule has 1 aliphatic rings. The first-order valence-corrected chi connectivity index (χ1v) is 7.58. The lowest BCUT2D eigenvalue weighted by Gasteiger charge is -2.22. The molecule has 0 bridgehead atoms. The van der Waals surface area contributed by atoms with Crippen molar-refractivity contribution >= 4 is 35.7 Å². The number of carbonyl (C=O) groups is 2. The monoisotopic (exact) mass is 344 g/mol. The zero-order chi connectivity index (χ0) is 15.5. The minimum Gasteiger partial charge on any atom is -0.342 e. The molecule has 1 aromatic rings. The Bertz CT molecular complexity index is 533. The molecule has 1 saturated heterocycles. The van der Waals surface area contributed by atoms with Gasteiger partial charge in [-0.1, -0.05) is 18.5 Å². The topological polar surface area (TPSA) is 63.4 Å². The van der Waals surface area contributed by atoms with Gasteiger partial charge in [0.1, 0.15) is 0 Å². The first-order chi connectivity index (χ1) is 9.93. The molecule has 1 unspecified atom stereocenters. The number of nitrogens with zero attached hydrogens (tertiary/aromatic N) is 1. The van der Waals surface area contributed by atoms with Crippen LogP contribution in [0.2, 0.25) is 5.02 Å². The number of halogens is 2. The maximum atomic E-state index is 12.2. The Labute approximate surface area is 142 Å². The second kappa shape index (κ2) is 7.95. The molecule has 1 atom stereocenters. The van der Waals surface area contributed by atoms with E-state index in [2.05, 4.69) is 6.92 Å². The van der Waals surface area contributed by atoms with Crippen LogP contribution in [0.25, 0.3) is 0 Å². The molecule has 1 aromatic carbocycles. The second-order valence-electron chi connectivity index (χ2n) is 6.01. The number of benzene rings is 1. The molecule has 122 valence electrons. The summed E-state index contributed by atoms with van der Waals surface area (Å²) >= 11 is 5.79. The molecular formula is C16H22Cl2N2O2. The first-order valence-electron chi connectivity index (χ1n) is 7.20. The van der Waals surface area contributed by atoms with Crippen molar-refractivity contribution in [3.05, 3.63) is 34.9 Å². The number of amides is 1. The standard InChI is InChI=1S/C16H21ClN2O2.ClH/c1-16(10-18)8-9-19(11-16)15(21)7-6-14(20)12-2-4-13(17)5-3-12;/h2-5H,6-11,18H2,1H3;1H. The number of likely N-dealkylation sites (tertiary alicyclic amines) is 1. The molecule has 0 saturated carbocycles. The van der Waals surface area contributed by atoms with Gasteiger partial charge in [-0.15, -0.1) is 12.4 Å². The molecule has 1 amide bonds. The molecule has 1 heterocycles. The molecule has 2 rings (SSSR count). The Balaban J connectivity index is 0.00000242. The van der Waals surface area contributed by atoms with Crippen molar-refractivity contribution in [1.82, 2.24) is 4.90 Å². The quantitative estimate of drug-likeness (QED) is 0.835. The number of nitrogens with two attached hydrogens (primary N) is 1. The predicted molar refractivity (Wildman–Crippen MR) is 90.6 cm³/mol. The summed E-state index contributed by atoms with van der Waals surface area (Å²) in [6.07, 6.45) is 1.42. The van der Waals surface area contributed by atoms with E-state index < -0.39 is 0 Å². The number of Topliss-reactive ketones (excluding diaryl/α,β-unsaturated/α-hetero) is 1. The van der Waals surface area contributed by atoms with Gasteiger partial charge in [0.15, 0.2) is 5.78 Å². The maximum absolute atomic E-state index is 12.2. The summed E-state index contributed by atoms with van der Waals surface area (Å²) in [5.74, 6) is 0.00953. The summed E-state index contributed by atoms with van der Waals surface area (Å²) in [7, 11) is 0. The highest BCUT2D eigenvalue weighted by Crippen LogP contribution is 2.29. The van der Waals surface area contributed by atoms with Gasteiger partial charge in [0, 0.05) is 36.5 Å². The second-order valence-corrected chi connectivity index (χ2v) is 6.45.